The predicted molar refractivity (Wildman–Crippen MR) is 65.0 cm³/mol. The largest absolute Gasteiger partial charge is 0.454 e. The van der Waals surface area contributed by atoms with Crippen LogP contribution in [0.15, 0.2) is 18.2 Å². The highest BCUT2D eigenvalue weighted by molar-refractivity contribution is 7.92. The SMILES string of the molecule is CCCS(=O)(=O)N(C)c1ccc2c(c1)OCO2. The van der Waals surface area contributed by atoms with Crippen molar-refractivity contribution in [2.75, 3.05) is 23.9 Å². The minimum absolute atomic E-state index is 0.137. The summed E-state index contributed by atoms with van der Waals surface area (Å²) in [7, 11) is -1.70. The summed E-state index contributed by atoms with van der Waals surface area (Å²) in [6.45, 7) is 2.02. The molecule has 0 fully saturated rings. The molecule has 0 aromatic heterocycles. The van der Waals surface area contributed by atoms with E-state index in [-0.39, 0.29) is 12.5 Å². The highest BCUT2D eigenvalue weighted by atomic mass is 32.2. The lowest BCUT2D eigenvalue weighted by molar-refractivity contribution is 0.174. The Morgan fingerprint density at radius 3 is 2.71 bits per heavy atom. The summed E-state index contributed by atoms with van der Waals surface area (Å²) in [4.78, 5) is 0. The Bertz CT molecular complexity index is 512. The molecule has 6 heteroatoms. The highest BCUT2D eigenvalue weighted by Crippen LogP contribution is 2.35. The van der Waals surface area contributed by atoms with Crippen molar-refractivity contribution < 1.29 is 17.9 Å². The summed E-state index contributed by atoms with van der Waals surface area (Å²) in [6.07, 6.45) is 0.594. The number of fused-ring (bicyclic) bond motifs is 1. The van der Waals surface area contributed by atoms with Crippen LogP contribution in [-0.4, -0.2) is 28.0 Å². The molecule has 0 N–H and O–H groups in total. The minimum atomic E-state index is -3.24. The van der Waals surface area contributed by atoms with Gasteiger partial charge in [0.05, 0.1) is 11.4 Å². The molecule has 1 aromatic rings. The fourth-order valence-electron chi connectivity index (χ4n) is 1.64. The second-order valence-electron chi connectivity index (χ2n) is 3.82. The van der Waals surface area contributed by atoms with Crippen molar-refractivity contribution in [3.05, 3.63) is 18.2 Å². The van der Waals surface area contributed by atoms with Gasteiger partial charge in [0, 0.05) is 13.1 Å². The first-order valence-corrected chi connectivity index (χ1v) is 7.02. The zero-order valence-corrected chi connectivity index (χ0v) is 10.7. The fourth-order valence-corrected chi connectivity index (χ4v) is 2.86. The first kappa shape index (κ1) is 12.0. The van der Waals surface area contributed by atoms with E-state index < -0.39 is 10.0 Å². The number of benzene rings is 1. The Morgan fingerprint density at radius 2 is 2.00 bits per heavy atom. The van der Waals surface area contributed by atoms with Crippen LogP contribution in [-0.2, 0) is 10.0 Å². The van der Waals surface area contributed by atoms with Crippen molar-refractivity contribution in [3.63, 3.8) is 0 Å². The van der Waals surface area contributed by atoms with Gasteiger partial charge < -0.3 is 9.47 Å². The maximum absolute atomic E-state index is 11.9. The molecule has 2 rings (SSSR count). The minimum Gasteiger partial charge on any atom is -0.454 e. The first-order chi connectivity index (χ1) is 8.04. The molecule has 0 amide bonds. The van der Waals surface area contributed by atoms with Gasteiger partial charge in [-0.3, -0.25) is 4.31 Å². The third-order valence-electron chi connectivity index (χ3n) is 2.60. The molecule has 0 radical (unpaired) electrons. The summed E-state index contributed by atoms with van der Waals surface area (Å²) < 4.78 is 35.4. The van der Waals surface area contributed by atoms with Crippen LogP contribution in [0.3, 0.4) is 0 Å². The molecular weight excluding hydrogens is 242 g/mol. The zero-order valence-electron chi connectivity index (χ0n) is 9.84. The van der Waals surface area contributed by atoms with Crippen LogP contribution in [0.25, 0.3) is 0 Å². The predicted octanol–water partition coefficient (Wildman–Crippen LogP) is 1.59. The Labute approximate surface area is 101 Å². The van der Waals surface area contributed by atoms with Gasteiger partial charge >= 0.3 is 0 Å². The Hall–Kier alpha value is -1.43. The monoisotopic (exact) mass is 257 g/mol. The second kappa shape index (κ2) is 4.44. The molecular formula is C11H15NO4S. The Morgan fingerprint density at radius 1 is 1.29 bits per heavy atom. The molecule has 0 spiro atoms. The Kier molecular flexibility index (Phi) is 3.15. The molecule has 1 heterocycles. The third kappa shape index (κ3) is 2.31. The molecule has 1 aromatic carbocycles. The van der Waals surface area contributed by atoms with Crippen LogP contribution in [0.5, 0.6) is 11.5 Å². The molecule has 0 aliphatic carbocycles. The molecule has 5 nitrogen and oxygen atoms in total. The summed E-state index contributed by atoms with van der Waals surface area (Å²) in [5.74, 6) is 1.37. The maximum atomic E-state index is 11.9. The van der Waals surface area contributed by atoms with E-state index in [2.05, 4.69) is 0 Å². The van der Waals surface area contributed by atoms with E-state index >= 15 is 0 Å². The molecule has 94 valence electrons. The van der Waals surface area contributed by atoms with Gasteiger partial charge in [-0.2, -0.15) is 0 Å². The molecule has 0 saturated carbocycles. The lowest BCUT2D eigenvalue weighted by Crippen LogP contribution is -2.28. The van der Waals surface area contributed by atoms with Gasteiger partial charge in [0.1, 0.15) is 0 Å². The van der Waals surface area contributed by atoms with E-state index in [1.807, 2.05) is 6.92 Å². The number of ether oxygens (including phenoxy) is 2. The van der Waals surface area contributed by atoms with Gasteiger partial charge in [-0.25, -0.2) is 8.42 Å². The van der Waals surface area contributed by atoms with Gasteiger partial charge in [-0.15, -0.1) is 0 Å². The molecule has 1 aliphatic heterocycles. The van der Waals surface area contributed by atoms with Gasteiger partial charge in [0.25, 0.3) is 0 Å². The quantitative estimate of drug-likeness (QED) is 0.822. The average molecular weight is 257 g/mol. The number of sulfonamides is 1. The van der Waals surface area contributed by atoms with Crippen LogP contribution in [0.1, 0.15) is 13.3 Å². The summed E-state index contributed by atoms with van der Waals surface area (Å²) in [5.41, 5.74) is 0.586. The van der Waals surface area contributed by atoms with Gasteiger partial charge in [-0.05, 0) is 18.6 Å². The molecule has 17 heavy (non-hydrogen) atoms. The zero-order chi connectivity index (χ0) is 12.5. The number of rotatable bonds is 4. The van der Waals surface area contributed by atoms with Crippen molar-refractivity contribution in [1.82, 2.24) is 0 Å². The van der Waals surface area contributed by atoms with E-state index in [0.717, 1.165) is 0 Å². The van der Waals surface area contributed by atoms with E-state index in [4.69, 9.17) is 9.47 Å². The number of hydrogen-bond acceptors (Lipinski definition) is 4. The van der Waals surface area contributed by atoms with Crippen molar-refractivity contribution in [3.8, 4) is 11.5 Å². The lowest BCUT2D eigenvalue weighted by Gasteiger charge is -2.19. The molecule has 0 saturated heterocycles. The summed E-state index contributed by atoms with van der Waals surface area (Å²) >= 11 is 0. The number of anilines is 1. The van der Waals surface area contributed by atoms with Crippen LogP contribution in [0.4, 0.5) is 5.69 Å². The third-order valence-corrected chi connectivity index (χ3v) is 4.57. The van der Waals surface area contributed by atoms with Crippen LogP contribution in [0, 0.1) is 0 Å². The lowest BCUT2D eigenvalue weighted by atomic mass is 10.3. The normalized spacial score (nSPS) is 13.8. The van der Waals surface area contributed by atoms with E-state index in [0.29, 0.717) is 23.6 Å². The highest BCUT2D eigenvalue weighted by Gasteiger charge is 2.20. The van der Waals surface area contributed by atoms with Gasteiger partial charge in [0.2, 0.25) is 16.8 Å². The van der Waals surface area contributed by atoms with E-state index in [9.17, 15) is 8.42 Å². The number of hydrogen-bond donors (Lipinski definition) is 0. The van der Waals surface area contributed by atoms with E-state index in [1.165, 1.54) is 4.31 Å². The topological polar surface area (TPSA) is 55.8 Å². The van der Waals surface area contributed by atoms with Crippen molar-refractivity contribution in [2.45, 2.75) is 13.3 Å². The van der Waals surface area contributed by atoms with Gasteiger partial charge in [0.15, 0.2) is 11.5 Å². The standard InChI is InChI=1S/C11H15NO4S/c1-3-6-17(13,14)12(2)9-4-5-10-11(7-9)16-8-15-10/h4-5,7H,3,6,8H2,1-2H3. The van der Waals surface area contributed by atoms with Crippen LogP contribution < -0.4 is 13.8 Å². The molecule has 1 aliphatic rings. The van der Waals surface area contributed by atoms with Crippen molar-refractivity contribution in [2.24, 2.45) is 0 Å². The van der Waals surface area contributed by atoms with Crippen LogP contribution >= 0.6 is 0 Å². The maximum Gasteiger partial charge on any atom is 0.234 e. The van der Waals surface area contributed by atoms with E-state index in [1.54, 1.807) is 25.2 Å². The van der Waals surface area contributed by atoms with Crippen LogP contribution in [0.2, 0.25) is 0 Å². The summed E-state index contributed by atoms with van der Waals surface area (Å²) in [6, 6.07) is 5.10. The van der Waals surface area contributed by atoms with Crippen molar-refractivity contribution in [1.29, 1.82) is 0 Å². The summed E-state index contributed by atoms with van der Waals surface area (Å²) in [5, 5.41) is 0. The van der Waals surface area contributed by atoms with Gasteiger partial charge in [-0.1, -0.05) is 6.92 Å². The second-order valence-corrected chi connectivity index (χ2v) is 5.94. The Balaban J connectivity index is 2.29. The molecule has 0 unspecified atom stereocenters. The van der Waals surface area contributed by atoms with Crippen molar-refractivity contribution >= 4 is 15.7 Å². The molecule has 0 bridgehead atoms. The average Bonchev–Trinajstić information content (AvgIpc) is 2.74. The smallest absolute Gasteiger partial charge is 0.234 e. The first-order valence-electron chi connectivity index (χ1n) is 5.41. The number of nitrogens with zero attached hydrogens (tertiary/aromatic N) is 1. The molecule has 0 atom stereocenters. The fraction of sp³-hybridized carbons (Fsp3) is 0.455.